The molecule has 0 bridgehead atoms. The molecule has 1 rings (SSSR count). The largest absolute Gasteiger partial charge is 0.416 e. The van der Waals surface area contributed by atoms with Crippen LogP contribution in [0.2, 0.25) is 0 Å². The van der Waals surface area contributed by atoms with Gasteiger partial charge in [0.2, 0.25) is 5.82 Å². The van der Waals surface area contributed by atoms with E-state index in [9.17, 15) is 32.1 Å². The molecule has 0 aliphatic carbocycles. The molecule has 3 nitrogen and oxygen atoms in total. The van der Waals surface area contributed by atoms with Gasteiger partial charge in [-0.3, -0.25) is 10.1 Å². The van der Waals surface area contributed by atoms with Crippen molar-refractivity contribution in [3.63, 3.8) is 0 Å². The highest BCUT2D eigenvalue weighted by atomic mass is 19.4. The van der Waals surface area contributed by atoms with Crippen molar-refractivity contribution in [2.75, 3.05) is 0 Å². The number of nitrogens with zero attached hydrogens (tertiary/aromatic N) is 1. The molecule has 0 amide bonds. The fourth-order valence-corrected chi connectivity index (χ4v) is 0.871. The molecule has 1 aromatic rings. The molecular formula is C7H2F5NO2. The average molecular weight is 227 g/mol. The Morgan fingerprint density at radius 2 is 1.73 bits per heavy atom. The van der Waals surface area contributed by atoms with Crippen LogP contribution in [-0.2, 0) is 6.18 Å². The number of hydrogen-bond acceptors (Lipinski definition) is 2. The van der Waals surface area contributed by atoms with Gasteiger partial charge in [0.25, 0.3) is 0 Å². The van der Waals surface area contributed by atoms with E-state index in [2.05, 4.69) is 0 Å². The Hall–Kier alpha value is -1.73. The van der Waals surface area contributed by atoms with E-state index in [1.165, 1.54) is 0 Å². The number of nitro groups is 1. The first-order valence-corrected chi connectivity index (χ1v) is 3.44. The Morgan fingerprint density at radius 3 is 2.13 bits per heavy atom. The standard InChI is InChI=1S/C7H2F5NO2/c8-4-1-3(7(10,11)12)2-5(6(4)9)13(14)15/h1-2H. The highest BCUT2D eigenvalue weighted by Gasteiger charge is 2.35. The first kappa shape index (κ1) is 11.3. The molecule has 0 saturated carbocycles. The monoisotopic (exact) mass is 227 g/mol. The van der Waals surface area contributed by atoms with Crippen LogP contribution in [-0.4, -0.2) is 4.92 Å². The molecule has 0 aromatic heterocycles. The van der Waals surface area contributed by atoms with Crippen molar-refractivity contribution < 1.29 is 26.9 Å². The van der Waals surface area contributed by atoms with Gasteiger partial charge in [0, 0.05) is 6.07 Å². The summed E-state index contributed by atoms with van der Waals surface area (Å²) in [5.74, 6) is -3.82. The summed E-state index contributed by atoms with van der Waals surface area (Å²) in [6.45, 7) is 0. The predicted octanol–water partition coefficient (Wildman–Crippen LogP) is 2.89. The SMILES string of the molecule is O=[N+]([O-])c1cc(C(F)(F)F)cc(F)c1F. The van der Waals surface area contributed by atoms with Crippen LogP contribution < -0.4 is 0 Å². The van der Waals surface area contributed by atoms with Gasteiger partial charge in [0.1, 0.15) is 0 Å². The summed E-state index contributed by atoms with van der Waals surface area (Å²) < 4.78 is 61.3. The van der Waals surface area contributed by atoms with Crippen molar-refractivity contribution in [1.29, 1.82) is 0 Å². The maximum atomic E-state index is 12.6. The Morgan fingerprint density at radius 1 is 1.20 bits per heavy atom. The van der Waals surface area contributed by atoms with E-state index in [-0.39, 0.29) is 12.1 Å². The minimum atomic E-state index is -4.96. The Labute approximate surface area is 79.3 Å². The molecule has 15 heavy (non-hydrogen) atoms. The van der Waals surface area contributed by atoms with Crippen LogP contribution in [0, 0.1) is 21.7 Å². The molecular weight excluding hydrogens is 225 g/mol. The molecule has 0 fully saturated rings. The molecule has 0 N–H and O–H groups in total. The molecule has 0 radical (unpaired) electrons. The van der Waals surface area contributed by atoms with Crippen LogP contribution in [0.4, 0.5) is 27.6 Å². The van der Waals surface area contributed by atoms with Crippen molar-refractivity contribution in [3.8, 4) is 0 Å². The topological polar surface area (TPSA) is 43.1 Å². The summed E-state index contributed by atoms with van der Waals surface area (Å²) in [6.07, 6.45) is -4.96. The second-order valence-electron chi connectivity index (χ2n) is 2.55. The molecule has 8 heteroatoms. The second kappa shape index (κ2) is 3.44. The van der Waals surface area contributed by atoms with Crippen molar-refractivity contribution >= 4 is 5.69 Å². The van der Waals surface area contributed by atoms with Gasteiger partial charge >= 0.3 is 11.9 Å². The number of hydrogen-bond donors (Lipinski definition) is 0. The quantitative estimate of drug-likeness (QED) is 0.420. The molecule has 1 aromatic carbocycles. The fraction of sp³-hybridized carbons (Fsp3) is 0.143. The van der Waals surface area contributed by atoms with Crippen molar-refractivity contribution in [1.82, 2.24) is 0 Å². The minimum absolute atomic E-state index is 0.0571. The van der Waals surface area contributed by atoms with Crippen LogP contribution >= 0.6 is 0 Å². The van der Waals surface area contributed by atoms with Crippen molar-refractivity contribution in [3.05, 3.63) is 39.4 Å². The van der Waals surface area contributed by atoms with E-state index in [1.807, 2.05) is 0 Å². The van der Waals surface area contributed by atoms with Crippen molar-refractivity contribution in [2.24, 2.45) is 0 Å². The van der Waals surface area contributed by atoms with Gasteiger partial charge < -0.3 is 0 Å². The van der Waals surface area contributed by atoms with E-state index < -0.39 is 34.0 Å². The Bertz CT molecular complexity index is 415. The smallest absolute Gasteiger partial charge is 0.258 e. The number of alkyl halides is 3. The number of benzene rings is 1. The molecule has 0 atom stereocenters. The summed E-state index contributed by atoms with van der Waals surface area (Å²) in [5, 5.41) is 10.1. The van der Waals surface area contributed by atoms with E-state index in [4.69, 9.17) is 0 Å². The van der Waals surface area contributed by atoms with Gasteiger partial charge in [-0.2, -0.15) is 17.6 Å². The molecule has 0 aliphatic rings. The number of rotatable bonds is 1. The maximum Gasteiger partial charge on any atom is 0.416 e. The first-order valence-electron chi connectivity index (χ1n) is 3.44. The lowest BCUT2D eigenvalue weighted by Crippen LogP contribution is -2.08. The Kier molecular flexibility index (Phi) is 2.61. The number of nitro benzene ring substituents is 1. The molecule has 0 aliphatic heterocycles. The highest BCUT2D eigenvalue weighted by Crippen LogP contribution is 2.33. The Balaban J connectivity index is 3.43. The summed E-state index contributed by atoms with van der Waals surface area (Å²) in [6, 6.07) is -0.194. The molecule has 0 heterocycles. The number of halogens is 5. The van der Waals surface area contributed by atoms with Crippen LogP contribution in [0.25, 0.3) is 0 Å². The summed E-state index contributed by atoms with van der Waals surface area (Å²) >= 11 is 0. The van der Waals surface area contributed by atoms with Crippen molar-refractivity contribution in [2.45, 2.75) is 6.18 Å². The molecule has 82 valence electrons. The van der Waals surface area contributed by atoms with Gasteiger partial charge in [-0.05, 0) is 6.07 Å². The summed E-state index contributed by atoms with van der Waals surface area (Å²) in [7, 11) is 0. The van der Waals surface area contributed by atoms with Gasteiger partial charge in [0.05, 0.1) is 10.5 Å². The van der Waals surface area contributed by atoms with E-state index >= 15 is 0 Å². The van der Waals surface area contributed by atoms with Crippen LogP contribution in [0.15, 0.2) is 12.1 Å². The third-order valence-corrected chi connectivity index (χ3v) is 1.53. The van der Waals surface area contributed by atoms with Gasteiger partial charge in [-0.1, -0.05) is 0 Å². The lowest BCUT2D eigenvalue weighted by Gasteiger charge is -2.06. The van der Waals surface area contributed by atoms with Gasteiger partial charge in [-0.25, -0.2) is 4.39 Å². The normalized spacial score (nSPS) is 11.5. The third-order valence-electron chi connectivity index (χ3n) is 1.53. The molecule has 0 saturated heterocycles. The molecule has 0 unspecified atom stereocenters. The second-order valence-corrected chi connectivity index (χ2v) is 2.55. The molecule has 0 spiro atoms. The summed E-state index contributed by atoms with van der Waals surface area (Å²) in [4.78, 5) is 8.66. The zero-order valence-electron chi connectivity index (χ0n) is 6.81. The summed E-state index contributed by atoms with van der Waals surface area (Å²) in [5.41, 5.74) is -3.14. The van der Waals surface area contributed by atoms with Crippen LogP contribution in [0.5, 0.6) is 0 Å². The van der Waals surface area contributed by atoms with Crippen LogP contribution in [0.1, 0.15) is 5.56 Å². The van der Waals surface area contributed by atoms with E-state index in [1.54, 1.807) is 0 Å². The first-order chi connectivity index (χ1) is 6.73. The van der Waals surface area contributed by atoms with Gasteiger partial charge in [-0.15, -0.1) is 0 Å². The van der Waals surface area contributed by atoms with Crippen LogP contribution in [0.3, 0.4) is 0 Å². The predicted molar refractivity (Wildman–Crippen MR) is 38.0 cm³/mol. The lowest BCUT2D eigenvalue weighted by atomic mass is 10.2. The van der Waals surface area contributed by atoms with Gasteiger partial charge in [0.15, 0.2) is 5.82 Å². The highest BCUT2D eigenvalue weighted by molar-refractivity contribution is 5.38. The maximum absolute atomic E-state index is 12.6. The third kappa shape index (κ3) is 2.20. The zero-order valence-corrected chi connectivity index (χ0v) is 6.81. The fourth-order valence-electron chi connectivity index (χ4n) is 0.871. The van der Waals surface area contributed by atoms with E-state index in [0.29, 0.717) is 0 Å². The van der Waals surface area contributed by atoms with E-state index in [0.717, 1.165) is 0 Å². The average Bonchev–Trinajstić information content (AvgIpc) is 2.06. The minimum Gasteiger partial charge on any atom is -0.258 e. The zero-order chi connectivity index (χ0) is 11.8. The lowest BCUT2D eigenvalue weighted by molar-refractivity contribution is -0.388.